The second-order valence-electron chi connectivity index (χ2n) is 4.85. The summed E-state index contributed by atoms with van der Waals surface area (Å²) >= 11 is 0. The Labute approximate surface area is 112 Å². The zero-order valence-corrected chi connectivity index (χ0v) is 11.3. The van der Waals surface area contributed by atoms with Crippen LogP contribution >= 0.6 is 0 Å². The van der Waals surface area contributed by atoms with E-state index >= 15 is 0 Å². The third-order valence-corrected chi connectivity index (χ3v) is 3.30. The predicted molar refractivity (Wildman–Crippen MR) is 74.3 cm³/mol. The lowest BCUT2D eigenvalue weighted by molar-refractivity contribution is 0.594. The Bertz CT molecular complexity index is 606. The molecule has 3 heteroatoms. The topological polar surface area (TPSA) is 12.0 Å². The molecule has 0 heterocycles. The molecule has 0 atom stereocenters. The highest BCUT2D eigenvalue weighted by molar-refractivity contribution is 5.47. The van der Waals surface area contributed by atoms with E-state index in [-0.39, 0.29) is 5.69 Å². The van der Waals surface area contributed by atoms with Crippen LogP contribution in [-0.4, -0.2) is 0 Å². The summed E-state index contributed by atoms with van der Waals surface area (Å²) in [7, 11) is 0. The van der Waals surface area contributed by atoms with Crippen molar-refractivity contribution in [2.24, 2.45) is 0 Å². The molecule has 1 N–H and O–H groups in total. The lowest BCUT2D eigenvalue weighted by atomic mass is 10.1. The molecule has 0 aliphatic heterocycles. The van der Waals surface area contributed by atoms with Crippen molar-refractivity contribution in [3.63, 3.8) is 0 Å². The van der Waals surface area contributed by atoms with Crippen LogP contribution in [0, 0.1) is 32.4 Å². The molecule has 0 spiro atoms. The Balaban J connectivity index is 2.14. The molecule has 0 amide bonds. The fourth-order valence-electron chi connectivity index (χ4n) is 1.89. The molecule has 0 aromatic heterocycles. The standard InChI is InChI=1S/C16H17F2N/c1-10-4-5-13(6-11(10)2)9-19-16-8-14(17)12(3)7-15(16)18/h4-8,19H,9H2,1-3H3. The Kier molecular flexibility index (Phi) is 3.84. The summed E-state index contributed by atoms with van der Waals surface area (Å²) in [6, 6.07) is 8.46. The Hall–Kier alpha value is -1.90. The number of anilines is 1. The monoisotopic (exact) mass is 261 g/mol. The maximum absolute atomic E-state index is 13.6. The first kappa shape index (κ1) is 13.5. The normalized spacial score (nSPS) is 10.6. The van der Waals surface area contributed by atoms with Crippen molar-refractivity contribution < 1.29 is 8.78 Å². The fraction of sp³-hybridized carbons (Fsp3) is 0.250. The van der Waals surface area contributed by atoms with Crippen LogP contribution in [-0.2, 0) is 6.54 Å². The van der Waals surface area contributed by atoms with Crippen LogP contribution < -0.4 is 5.32 Å². The molecular weight excluding hydrogens is 244 g/mol. The van der Waals surface area contributed by atoms with Crippen LogP contribution in [0.5, 0.6) is 0 Å². The number of halogens is 2. The van der Waals surface area contributed by atoms with Crippen molar-refractivity contribution in [1.29, 1.82) is 0 Å². The molecule has 2 aromatic carbocycles. The Morgan fingerprint density at radius 3 is 2.26 bits per heavy atom. The highest BCUT2D eigenvalue weighted by Crippen LogP contribution is 2.20. The zero-order chi connectivity index (χ0) is 14.0. The SMILES string of the molecule is Cc1ccc(CNc2cc(F)c(C)cc2F)cc1C. The Morgan fingerprint density at radius 1 is 0.842 bits per heavy atom. The van der Waals surface area contributed by atoms with Crippen molar-refractivity contribution in [1.82, 2.24) is 0 Å². The molecule has 0 aliphatic carbocycles. The van der Waals surface area contributed by atoms with Crippen LogP contribution in [0.1, 0.15) is 22.3 Å². The van der Waals surface area contributed by atoms with Gasteiger partial charge < -0.3 is 5.32 Å². The maximum atomic E-state index is 13.6. The summed E-state index contributed by atoms with van der Waals surface area (Å²) in [4.78, 5) is 0. The third kappa shape index (κ3) is 3.11. The minimum atomic E-state index is -0.428. The fourth-order valence-corrected chi connectivity index (χ4v) is 1.89. The average molecular weight is 261 g/mol. The zero-order valence-electron chi connectivity index (χ0n) is 11.3. The minimum absolute atomic E-state index is 0.196. The largest absolute Gasteiger partial charge is 0.379 e. The molecule has 2 aromatic rings. The van der Waals surface area contributed by atoms with Gasteiger partial charge in [-0.1, -0.05) is 18.2 Å². The molecule has 0 saturated carbocycles. The first-order valence-electron chi connectivity index (χ1n) is 6.23. The third-order valence-electron chi connectivity index (χ3n) is 3.30. The minimum Gasteiger partial charge on any atom is -0.379 e. The molecule has 0 radical (unpaired) electrons. The highest BCUT2D eigenvalue weighted by Gasteiger charge is 2.07. The summed E-state index contributed by atoms with van der Waals surface area (Å²) in [5.41, 5.74) is 3.96. The van der Waals surface area contributed by atoms with E-state index in [0.29, 0.717) is 12.1 Å². The van der Waals surface area contributed by atoms with Crippen LogP contribution in [0.25, 0.3) is 0 Å². The van der Waals surface area contributed by atoms with Gasteiger partial charge in [-0.3, -0.25) is 0 Å². The molecule has 19 heavy (non-hydrogen) atoms. The molecule has 100 valence electrons. The number of aryl methyl sites for hydroxylation is 3. The molecular formula is C16H17F2N. The van der Waals surface area contributed by atoms with Crippen molar-refractivity contribution in [3.05, 3.63) is 64.2 Å². The first-order chi connectivity index (χ1) is 8.97. The van der Waals surface area contributed by atoms with Crippen molar-refractivity contribution in [2.75, 3.05) is 5.32 Å². The Morgan fingerprint density at radius 2 is 1.58 bits per heavy atom. The number of nitrogens with one attached hydrogen (secondary N) is 1. The highest BCUT2D eigenvalue weighted by atomic mass is 19.1. The molecule has 0 saturated heterocycles. The number of rotatable bonds is 3. The van der Waals surface area contributed by atoms with E-state index < -0.39 is 11.6 Å². The summed E-state index contributed by atoms with van der Waals surface area (Å²) in [5, 5.41) is 2.93. The number of hydrogen-bond acceptors (Lipinski definition) is 1. The van der Waals surface area contributed by atoms with Gasteiger partial charge in [0.25, 0.3) is 0 Å². The van der Waals surface area contributed by atoms with Crippen LogP contribution in [0.3, 0.4) is 0 Å². The van der Waals surface area contributed by atoms with Crippen molar-refractivity contribution in [2.45, 2.75) is 27.3 Å². The smallest absolute Gasteiger partial charge is 0.146 e. The van der Waals surface area contributed by atoms with Crippen LogP contribution in [0.4, 0.5) is 14.5 Å². The van der Waals surface area contributed by atoms with Gasteiger partial charge in [-0.15, -0.1) is 0 Å². The van der Waals surface area contributed by atoms with Gasteiger partial charge in [-0.2, -0.15) is 0 Å². The lowest BCUT2D eigenvalue weighted by Crippen LogP contribution is -2.03. The van der Waals surface area contributed by atoms with Crippen molar-refractivity contribution in [3.8, 4) is 0 Å². The van der Waals surface area contributed by atoms with E-state index in [1.165, 1.54) is 23.3 Å². The molecule has 0 bridgehead atoms. The lowest BCUT2D eigenvalue weighted by Gasteiger charge is -2.10. The summed E-state index contributed by atoms with van der Waals surface area (Å²) in [5.74, 6) is -0.827. The quantitative estimate of drug-likeness (QED) is 0.857. The van der Waals surface area contributed by atoms with Gasteiger partial charge in [0.2, 0.25) is 0 Å². The second-order valence-corrected chi connectivity index (χ2v) is 4.85. The van der Waals surface area contributed by atoms with Gasteiger partial charge in [0.1, 0.15) is 11.6 Å². The van der Waals surface area contributed by atoms with E-state index in [0.717, 1.165) is 5.56 Å². The van der Waals surface area contributed by atoms with E-state index in [2.05, 4.69) is 5.32 Å². The van der Waals surface area contributed by atoms with Gasteiger partial charge in [-0.05, 0) is 49.1 Å². The van der Waals surface area contributed by atoms with Gasteiger partial charge >= 0.3 is 0 Å². The van der Waals surface area contributed by atoms with Gasteiger partial charge in [0.05, 0.1) is 5.69 Å². The molecule has 0 aliphatic rings. The number of hydrogen-bond donors (Lipinski definition) is 1. The van der Waals surface area contributed by atoms with E-state index in [9.17, 15) is 8.78 Å². The summed E-state index contributed by atoms with van der Waals surface area (Å²) < 4.78 is 27.0. The van der Waals surface area contributed by atoms with Gasteiger partial charge in [0, 0.05) is 12.6 Å². The first-order valence-corrected chi connectivity index (χ1v) is 6.23. The summed E-state index contributed by atoms with van der Waals surface area (Å²) in [6.07, 6.45) is 0. The van der Waals surface area contributed by atoms with Crippen LogP contribution in [0.2, 0.25) is 0 Å². The van der Waals surface area contributed by atoms with Gasteiger partial charge in [0.15, 0.2) is 0 Å². The predicted octanol–water partition coefficient (Wildman–Crippen LogP) is 4.50. The van der Waals surface area contributed by atoms with E-state index in [1.54, 1.807) is 6.92 Å². The molecule has 0 unspecified atom stereocenters. The van der Waals surface area contributed by atoms with Gasteiger partial charge in [-0.25, -0.2) is 8.78 Å². The van der Waals surface area contributed by atoms with Crippen molar-refractivity contribution >= 4 is 5.69 Å². The molecule has 1 nitrogen and oxygen atoms in total. The van der Waals surface area contributed by atoms with Crippen LogP contribution in [0.15, 0.2) is 30.3 Å². The van der Waals surface area contributed by atoms with E-state index in [1.807, 2.05) is 32.0 Å². The van der Waals surface area contributed by atoms with E-state index in [4.69, 9.17) is 0 Å². The summed E-state index contributed by atoms with van der Waals surface area (Å²) in [6.45, 7) is 6.10. The molecule has 0 fully saturated rings. The molecule has 2 rings (SSSR count). The average Bonchev–Trinajstić information content (AvgIpc) is 2.36. The second kappa shape index (κ2) is 5.39. The maximum Gasteiger partial charge on any atom is 0.146 e. The number of benzene rings is 2.